The molecule has 0 spiro atoms. The molecule has 1 amide bonds. The number of H-pyrrole nitrogens is 1. The molecule has 1 atom stereocenters. The summed E-state index contributed by atoms with van der Waals surface area (Å²) < 4.78 is 5.72. The van der Waals surface area contributed by atoms with Crippen LogP contribution in [0, 0.1) is 6.92 Å². The van der Waals surface area contributed by atoms with Crippen LogP contribution < -0.4 is 0 Å². The van der Waals surface area contributed by atoms with Crippen molar-refractivity contribution in [2.75, 3.05) is 6.54 Å². The summed E-state index contributed by atoms with van der Waals surface area (Å²) in [5.41, 5.74) is 2.55. The van der Waals surface area contributed by atoms with Crippen molar-refractivity contribution in [3.63, 3.8) is 0 Å². The number of pyridine rings is 1. The predicted molar refractivity (Wildman–Crippen MR) is 113 cm³/mol. The Morgan fingerprint density at radius 1 is 1.23 bits per heavy atom. The van der Waals surface area contributed by atoms with Crippen molar-refractivity contribution >= 4 is 16.8 Å². The normalized spacial score (nSPS) is 16.5. The van der Waals surface area contributed by atoms with Crippen LogP contribution in [0.2, 0.25) is 0 Å². The molecule has 3 aromatic heterocycles. The van der Waals surface area contributed by atoms with Gasteiger partial charge in [0.15, 0.2) is 0 Å². The number of para-hydroxylation sites is 1. The molecule has 31 heavy (non-hydrogen) atoms. The van der Waals surface area contributed by atoms with Gasteiger partial charge in [-0.15, -0.1) is 0 Å². The number of carbonyl (C=O) groups excluding carboxylic acids is 1. The van der Waals surface area contributed by atoms with Crippen LogP contribution in [0.4, 0.5) is 0 Å². The highest BCUT2D eigenvalue weighted by molar-refractivity contribution is 5.93. The zero-order chi connectivity index (χ0) is 21.8. The second kappa shape index (κ2) is 7.02. The highest BCUT2D eigenvalue weighted by atomic mass is 16.4. The maximum absolute atomic E-state index is 13.6. The largest absolute Gasteiger partial charge is 0.432 e. The second-order valence-electron chi connectivity index (χ2n) is 8.34. The zero-order valence-corrected chi connectivity index (χ0v) is 17.6. The third-order valence-corrected chi connectivity index (χ3v) is 5.60. The molecule has 1 aromatic carbocycles. The average Bonchev–Trinajstić information content (AvgIpc) is 3.38. The van der Waals surface area contributed by atoms with Crippen molar-refractivity contribution in [2.45, 2.75) is 38.8 Å². The first-order valence-electron chi connectivity index (χ1n) is 10.2. The van der Waals surface area contributed by atoms with Gasteiger partial charge in [-0.1, -0.05) is 24.3 Å². The number of aromatic amines is 1. The molecule has 0 fully saturated rings. The number of aliphatic hydroxyl groups is 1. The van der Waals surface area contributed by atoms with E-state index >= 15 is 0 Å². The minimum Gasteiger partial charge on any atom is -0.432 e. The van der Waals surface area contributed by atoms with Gasteiger partial charge in [0.2, 0.25) is 11.7 Å². The number of hydrogen-bond acceptors (Lipinski definition) is 6. The number of nitrogens with zero attached hydrogens (tertiary/aromatic N) is 4. The summed E-state index contributed by atoms with van der Waals surface area (Å²) in [6.45, 7) is 5.33. The molecule has 0 unspecified atom stereocenters. The summed E-state index contributed by atoms with van der Waals surface area (Å²) in [5, 5.41) is 11.3. The number of nitrogens with one attached hydrogen (secondary N) is 1. The third kappa shape index (κ3) is 3.29. The molecule has 8 heteroatoms. The van der Waals surface area contributed by atoms with Gasteiger partial charge in [0, 0.05) is 18.4 Å². The maximum atomic E-state index is 13.6. The van der Waals surface area contributed by atoms with Crippen molar-refractivity contribution in [3.05, 3.63) is 77.2 Å². The maximum Gasteiger partial charge on any atom is 0.292 e. The second-order valence-corrected chi connectivity index (χ2v) is 8.34. The van der Waals surface area contributed by atoms with E-state index in [1.807, 2.05) is 36.4 Å². The number of rotatable bonds is 3. The number of imidazole rings is 1. The van der Waals surface area contributed by atoms with Crippen molar-refractivity contribution in [1.82, 2.24) is 24.8 Å². The Labute approximate surface area is 179 Å². The molecule has 0 bridgehead atoms. The zero-order valence-electron chi connectivity index (χ0n) is 17.6. The Morgan fingerprint density at radius 2 is 2.03 bits per heavy atom. The smallest absolute Gasteiger partial charge is 0.292 e. The van der Waals surface area contributed by atoms with E-state index in [4.69, 9.17) is 9.40 Å². The molecular formula is C23H23N5O3. The number of amides is 1. The van der Waals surface area contributed by atoms with Gasteiger partial charge in [-0.2, -0.15) is 0 Å². The van der Waals surface area contributed by atoms with Crippen molar-refractivity contribution in [1.29, 1.82) is 0 Å². The Balaban J connectivity index is 1.60. The summed E-state index contributed by atoms with van der Waals surface area (Å²) in [6.07, 6.45) is 2.28. The minimum atomic E-state index is -1.28. The van der Waals surface area contributed by atoms with E-state index in [1.165, 1.54) is 0 Å². The molecule has 0 saturated heterocycles. The van der Waals surface area contributed by atoms with Crippen LogP contribution in [-0.2, 0) is 12.0 Å². The third-order valence-electron chi connectivity index (χ3n) is 5.60. The van der Waals surface area contributed by atoms with E-state index in [2.05, 4.69) is 15.0 Å². The summed E-state index contributed by atoms with van der Waals surface area (Å²) in [4.78, 5) is 32.1. The van der Waals surface area contributed by atoms with Crippen LogP contribution in [0.25, 0.3) is 10.9 Å². The lowest BCUT2D eigenvalue weighted by Gasteiger charge is -2.34. The Kier molecular flexibility index (Phi) is 4.40. The standard InChI is InChI=1S/C23H23N5O3/c1-13-20(31-22(26-13)23(2,3)30)21(29)28-11-10-16-18(25-12-24-16)19(28)17-9-8-14-6-4-5-7-15(14)27-17/h4-9,12,19,30H,10-11H2,1-3H3,(H,24,25)/t19-/m0/s1. The molecule has 5 rings (SSSR count). The summed E-state index contributed by atoms with van der Waals surface area (Å²) in [5.74, 6) is -0.0421. The first-order valence-corrected chi connectivity index (χ1v) is 10.2. The van der Waals surface area contributed by atoms with Crippen LogP contribution in [-0.4, -0.2) is 42.4 Å². The van der Waals surface area contributed by atoms with Gasteiger partial charge in [-0.3, -0.25) is 9.78 Å². The van der Waals surface area contributed by atoms with Crippen molar-refractivity contribution in [2.24, 2.45) is 0 Å². The number of aromatic nitrogens is 4. The highest BCUT2D eigenvalue weighted by Gasteiger charge is 2.38. The van der Waals surface area contributed by atoms with Crippen LogP contribution >= 0.6 is 0 Å². The summed E-state index contributed by atoms with van der Waals surface area (Å²) in [7, 11) is 0. The number of oxazole rings is 1. The van der Waals surface area contributed by atoms with Crippen LogP contribution in [0.1, 0.15) is 59.1 Å². The monoisotopic (exact) mass is 417 g/mol. The summed E-state index contributed by atoms with van der Waals surface area (Å²) in [6, 6.07) is 11.4. The molecule has 2 N–H and O–H groups in total. The Morgan fingerprint density at radius 3 is 2.81 bits per heavy atom. The van der Waals surface area contributed by atoms with E-state index in [0.717, 1.165) is 28.0 Å². The summed E-state index contributed by atoms with van der Waals surface area (Å²) >= 11 is 0. The molecule has 8 nitrogen and oxygen atoms in total. The van der Waals surface area contributed by atoms with Gasteiger partial charge in [0.25, 0.3) is 5.91 Å². The van der Waals surface area contributed by atoms with Gasteiger partial charge >= 0.3 is 0 Å². The number of hydrogen-bond donors (Lipinski definition) is 2. The van der Waals surface area contributed by atoms with Gasteiger partial charge in [-0.05, 0) is 32.9 Å². The lowest BCUT2D eigenvalue weighted by atomic mass is 9.98. The first-order chi connectivity index (χ1) is 14.8. The topological polar surface area (TPSA) is 108 Å². The van der Waals surface area contributed by atoms with E-state index in [1.54, 1.807) is 32.0 Å². The van der Waals surface area contributed by atoms with E-state index < -0.39 is 11.6 Å². The molecule has 158 valence electrons. The quantitative estimate of drug-likeness (QED) is 0.530. The van der Waals surface area contributed by atoms with Crippen molar-refractivity contribution < 1.29 is 14.3 Å². The molecule has 1 aliphatic rings. The SMILES string of the molecule is Cc1nc(C(C)(C)O)oc1C(=O)N1CCc2nc[nH]c2[C@@H]1c1ccc2ccccc2n1. The lowest BCUT2D eigenvalue weighted by molar-refractivity contribution is 0.0440. The predicted octanol–water partition coefficient (Wildman–Crippen LogP) is 3.27. The fourth-order valence-corrected chi connectivity index (χ4v) is 4.03. The first kappa shape index (κ1) is 19.4. The molecule has 0 radical (unpaired) electrons. The van der Waals surface area contributed by atoms with Gasteiger partial charge in [0.05, 0.1) is 34.6 Å². The molecule has 4 heterocycles. The fourth-order valence-electron chi connectivity index (χ4n) is 4.03. The van der Waals surface area contributed by atoms with Crippen molar-refractivity contribution in [3.8, 4) is 0 Å². The number of carbonyl (C=O) groups is 1. The Bertz CT molecular complexity index is 1280. The van der Waals surface area contributed by atoms with Crippen LogP contribution in [0.15, 0.2) is 47.1 Å². The number of aryl methyl sites for hydroxylation is 1. The van der Waals surface area contributed by atoms with Gasteiger partial charge in [-0.25, -0.2) is 9.97 Å². The lowest BCUT2D eigenvalue weighted by Crippen LogP contribution is -2.41. The number of fused-ring (bicyclic) bond motifs is 2. The minimum absolute atomic E-state index is 0.118. The van der Waals surface area contributed by atoms with Gasteiger partial charge < -0.3 is 19.4 Å². The molecule has 0 saturated carbocycles. The van der Waals surface area contributed by atoms with E-state index in [-0.39, 0.29) is 17.6 Å². The molecule has 0 aliphatic carbocycles. The average molecular weight is 417 g/mol. The molecule has 4 aromatic rings. The van der Waals surface area contributed by atoms with E-state index in [0.29, 0.717) is 18.7 Å². The van der Waals surface area contributed by atoms with E-state index in [9.17, 15) is 9.90 Å². The Hall–Kier alpha value is -3.52. The molecular weight excluding hydrogens is 394 g/mol. The van der Waals surface area contributed by atoms with Crippen LogP contribution in [0.5, 0.6) is 0 Å². The highest BCUT2D eigenvalue weighted by Crippen LogP contribution is 2.35. The number of benzene rings is 1. The molecule has 1 aliphatic heterocycles. The van der Waals surface area contributed by atoms with Crippen LogP contribution in [0.3, 0.4) is 0 Å². The fraction of sp³-hybridized carbons (Fsp3) is 0.304. The van der Waals surface area contributed by atoms with Gasteiger partial charge in [0.1, 0.15) is 11.6 Å².